The number of Topliss-reactive ketones (excluding diaryl/α,β-unsaturated/α-hetero) is 1. The number of carbonyl (C=O) groups excluding carboxylic acids is 1. The molecule has 0 aromatic carbocycles. The molecule has 2 rings (SSSR count). The van der Waals surface area contributed by atoms with Crippen LogP contribution < -0.4 is 0 Å². The zero-order valence-electron chi connectivity index (χ0n) is 6.20. The highest BCUT2D eigenvalue weighted by atomic mass is 16.5. The van der Waals surface area contributed by atoms with Gasteiger partial charge in [0.15, 0.2) is 0 Å². The van der Waals surface area contributed by atoms with Crippen LogP contribution in [0.25, 0.3) is 0 Å². The summed E-state index contributed by atoms with van der Waals surface area (Å²) in [7, 11) is 0. The van der Waals surface area contributed by atoms with Crippen molar-refractivity contribution in [1.82, 2.24) is 10.1 Å². The first-order chi connectivity index (χ1) is 5.27. The predicted octanol–water partition coefficient (Wildman–Crippen LogP) is 1.15. The van der Waals surface area contributed by atoms with Crippen LogP contribution in [0.5, 0.6) is 0 Å². The molecule has 0 N–H and O–H groups in total. The normalized spacial score (nSPS) is 16.8. The van der Waals surface area contributed by atoms with Crippen molar-refractivity contribution in [3.05, 3.63) is 11.7 Å². The molecule has 0 spiro atoms. The van der Waals surface area contributed by atoms with E-state index in [2.05, 4.69) is 10.1 Å². The number of aromatic nitrogens is 2. The fraction of sp³-hybridized carbons (Fsp3) is 0.571. The molecule has 4 heteroatoms. The van der Waals surface area contributed by atoms with Gasteiger partial charge in [0.2, 0.25) is 17.5 Å². The van der Waals surface area contributed by atoms with Gasteiger partial charge in [-0.15, -0.1) is 0 Å². The van der Waals surface area contributed by atoms with Crippen LogP contribution >= 0.6 is 0 Å². The highest BCUT2D eigenvalue weighted by Gasteiger charge is 2.29. The first-order valence-electron chi connectivity index (χ1n) is 3.62. The van der Waals surface area contributed by atoms with Gasteiger partial charge in [-0.25, -0.2) is 0 Å². The predicted molar refractivity (Wildman–Crippen MR) is 36.3 cm³/mol. The van der Waals surface area contributed by atoms with Crippen LogP contribution in [0.3, 0.4) is 0 Å². The molecule has 4 nitrogen and oxygen atoms in total. The molecule has 11 heavy (non-hydrogen) atoms. The molecule has 0 saturated heterocycles. The van der Waals surface area contributed by atoms with Crippen molar-refractivity contribution in [1.29, 1.82) is 0 Å². The first-order valence-corrected chi connectivity index (χ1v) is 3.62. The summed E-state index contributed by atoms with van der Waals surface area (Å²) >= 11 is 0. The Labute approximate surface area is 63.6 Å². The standard InChI is InChI=1S/C7H8N2O2/c1-4(10)6-8-7(11-9-6)5-2-3-5/h5H,2-3H2,1H3. The average Bonchev–Trinajstić information content (AvgIpc) is 2.68. The molecule has 1 saturated carbocycles. The van der Waals surface area contributed by atoms with Crippen molar-refractivity contribution in [3.8, 4) is 0 Å². The third kappa shape index (κ3) is 1.15. The van der Waals surface area contributed by atoms with E-state index in [-0.39, 0.29) is 11.6 Å². The van der Waals surface area contributed by atoms with E-state index < -0.39 is 0 Å². The number of hydrogen-bond acceptors (Lipinski definition) is 4. The molecule has 1 aliphatic carbocycles. The fourth-order valence-electron chi connectivity index (χ4n) is 0.874. The Balaban J connectivity index is 2.25. The van der Waals surface area contributed by atoms with Crippen molar-refractivity contribution in [3.63, 3.8) is 0 Å². The van der Waals surface area contributed by atoms with Crippen molar-refractivity contribution in [2.75, 3.05) is 0 Å². The van der Waals surface area contributed by atoms with E-state index in [1.807, 2.05) is 0 Å². The van der Waals surface area contributed by atoms with Gasteiger partial charge in [0.25, 0.3) is 0 Å². The Morgan fingerprint density at radius 1 is 1.64 bits per heavy atom. The second kappa shape index (κ2) is 2.15. The van der Waals surface area contributed by atoms with E-state index in [1.54, 1.807) is 0 Å². The number of rotatable bonds is 2. The molecule has 0 amide bonds. The van der Waals surface area contributed by atoms with Crippen molar-refractivity contribution < 1.29 is 9.32 Å². The Bertz CT molecular complexity index is 288. The molecule has 1 aliphatic rings. The quantitative estimate of drug-likeness (QED) is 0.596. The van der Waals surface area contributed by atoms with E-state index in [0.717, 1.165) is 12.8 Å². The lowest BCUT2D eigenvalue weighted by Crippen LogP contribution is -1.94. The summed E-state index contributed by atoms with van der Waals surface area (Å²) in [5.74, 6) is 1.11. The molecule has 1 aromatic rings. The van der Waals surface area contributed by atoms with Gasteiger partial charge in [0.05, 0.1) is 0 Å². The van der Waals surface area contributed by atoms with Crippen LogP contribution in [0.15, 0.2) is 4.52 Å². The van der Waals surface area contributed by atoms with E-state index >= 15 is 0 Å². The summed E-state index contributed by atoms with van der Waals surface area (Å²) in [6.07, 6.45) is 2.22. The van der Waals surface area contributed by atoms with Crippen LogP contribution in [-0.2, 0) is 0 Å². The molecule has 0 unspecified atom stereocenters. The first kappa shape index (κ1) is 6.52. The molecule has 0 atom stereocenters. The van der Waals surface area contributed by atoms with Gasteiger partial charge in [-0.05, 0) is 12.8 Å². The van der Waals surface area contributed by atoms with Crippen LogP contribution in [0.2, 0.25) is 0 Å². The number of carbonyl (C=O) groups is 1. The second-order valence-electron chi connectivity index (χ2n) is 2.79. The van der Waals surface area contributed by atoms with Crippen molar-refractivity contribution in [2.24, 2.45) is 0 Å². The summed E-state index contributed by atoms with van der Waals surface area (Å²) in [6, 6.07) is 0. The van der Waals surface area contributed by atoms with E-state index in [0.29, 0.717) is 11.8 Å². The van der Waals surface area contributed by atoms with E-state index in [1.165, 1.54) is 6.92 Å². The minimum absolute atomic E-state index is 0.138. The third-order valence-electron chi connectivity index (χ3n) is 1.68. The van der Waals surface area contributed by atoms with E-state index in [9.17, 15) is 4.79 Å². The van der Waals surface area contributed by atoms with E-state index in [4.69, 9.17) is 4.52 Å². The number of hydrogen-bond donors (Lipinski definition) is 0. The summed E-state index contributed by atoms with van der Waals surface area (Å²) < 4.78 is 4.87. The Kier molecular flexibility index (Phi) is 1.27. The van der Waals surface area contributed by atoms with Crippen LogP contribution in [0, 0.1) is 0 Å². The Morgan fingerprint density at radius 3 is 2.82 bits per heavy atom. The smallest absolute Gasteiger partial charge is 0.238 e. The maximum atomic E-state index is 10.7. The second-order valence-corrected chi connectivity index (χ2v) is 2.79. The molecule has 0 bridgehead atoms. The van der Waals surface area contributed by atoms with Gasteiger partial charge in [0.1, 0.15) is 0 Å². The summed E-state index contributed by atoms with van der Waals surface area (Å²) in [6.45, 7) is 1.43. The topological polar surface area (TPSA) is 56.0 Å². The summed E-state index contributed by atoms with van der Waals surface area (Å²) in [4.78, 5) is 14.7. The van der Waals surface area contributed by atoms with Crippen molar-refractivity contribution in [2.45, 2.75) is 25.7 Å². The van der Waals surface area contributed by atoms with Crippen LogP contribution in [-0.4, -0.2) is 15.9 Å². The average molecular weight is 152 g/mol. The molecule has 0 radical (unpaired) electrons. The summed E-state index contributed by atoms with van der Waals surface area (Å²) in [5.41, 5.74) is 0. The lowest BCUT2D eigenvalue weighted by atomic mass is 10.4. The third-order valence-corrected chi connectivity index (χ3v) is 1.68. The maximum absolute atomic E-state index is 10.7. The highest BCUT2D eigenvalue weighted by Crippen LogP contribution is 2.38. The SMILES string of the molecule is CC(=O)c1noc(C2CC2)n1. The van der Waals surface area contributed by atoms with Gasteiger partial charge in [0, 0.05) is 12.8 Å². The van der Waals surface area contributed by atoms with Crippen molar-refractivity contribution >= 4 is 5.78 Å². The molecule has 1 fully saturated rings. The maximum Gasteiger partial charge on any atom is 0.238 e. The monoisotopic (exact) mass is 152 g/mol. The molecular weight excluding hydrogens is 144 g/mol. The van der Waals surface area contributed by atoms with Gasteiger partial charge in [-0.2, -0.15) is 4.98 Å². The minimum Gasteiger partial charge on any atom is -0.339 e. The van der Waals surface area contributed by atoms with Gasteiger partial charge >= 0.3 is 0 Å². The zero-order valence-corrected chi connectivity index (χ0v) is 6.20. The molecule has 58 valence electrons. The Hall–Kier alpha value is -1.19. The molecule has 1 heterocycles. The Morgan fingerprint density at radius 2 is 2.36 bits per heavy atom. The highest BCUT2D eigenvalue weighted by molar-refractivity contribution is 5.89. The lowest BCUT2D eigenvalue weighted by Gasteiger charge is -1.79. The van der Waals surface area contributed by atoms with Crippen LogP contribution in [0.4, 0.5) is 0 Å². The minimum atomic E-state index is -0.138. The number of nitrogens with zero attached hydrogens (tertiary/aromatic N) is 2. The molecule has 1 aromatic heterocycles. The number of ketones is 1. The fourth-order valence-corrected chi connectivity index (χ4v) is 0.874. The lowest BCUT2D eigenvalue weighted by molar-refractivity contribution is 0.100. The van der Waals surface area contributed by atoms with Crippen LogP contribution in [0.1, 0.15) is 42.2 Å². The summed E-state index contributed by atoms with van der Waals surface area (Å²) in [5, 5.41) is 3.54. The molecular formula is C7H8N2O2. The molecule has 0 aliphatic heterocycles. The largest absolute Gasteiger partial charge is 0.339 e. The van der Waals surface area contributed by atoms with Gasteiger partial charge < -0.3 is 4.52 Å². The van der Waals surface area contributed by atoms with Gasteiger partial charge in [-0.1, -0.05) is 5.16 Å². The zero-order chi connectivity index (χ0) is 7.84. The van der Waals surface area contributed by atoms with Gasteiger partial charge in [-0.3, -0.25) is 4.79 Å².